The van der Waals surface area contributed by atoms with Gasteiger partial charge in [0.25, 0.3) is 0 Å². The van der Waals surface area contributed by atoms with Crippen LogP contribution >= 0.6 is 0 Å². The molecule has 0 aliphatic carbocycles. The van der Waals surface area contributed by atoms with E-state index in [2.05, 4.69) is 17.0 Å². The monoisotopic (exact) mass is 288 g/mol. The quantitative estimate of drug-likeness (QED) is 0.790. The number of hydrogen-bond acceptors (Lipinski definition) is 4. The number of ether oxygens (including phenoxy) is 2. The van der Waals surface area contributed by atoms with Crippen molar-refractivity contribution in [2.75, 3.05) is 36.5 Å². The van der Waals surface area contributed by atoms with Gasteiger partial charge in [-0.25, -0.2) is 0 Å². The second-order valence-corrected chi connectivity index (χ2v) is 6.07. The summed E-state index contributed by atoms with van der Waals surface area (Å²) in [5, 5.41) is 0. The molecule has 1 amide bonds. The van der Waals surface area contributed by atoms with Gasteiger partial charge in [0.1, 0.15) is 5.75 Å². The molecule has 0 saturated carbocycles. The van der Waals surface area contributed by atoms with E-state index in [1.54, 1.807) is 4.90 Å². The molecule has 2 atom stereocenters. The first kappa shape index (κ1) is 13.0. The van der Waals surface area contributed by atoms with E-state index >= 15 is 0 Å². The van der Waals surface area contributed by atoms with Crippen LogP contribution in [0.4, 0.5) is 11.4 Å². The second kappa shape index (κ2) is 4.91. The van der Waals surface area contributed by atoms with Gasteiger partial charge < -0.3 is 19.3 Å². The SMILES string of the molecule is CN1C(=O)CCOc2ccc(N3CC4CCC(C3)O4)cc21. The maximum absolute atomic E-state index is 12.0. The molecule has 5 nitrogen and oxygen atoms in total. The molecule has 3 aliphatic heterocycles. The molecule has 112 valence electrons. The molecular weight excluding hydrogens is 268 g/mol. The van der Waals surface area contributed by atoms with Crippen molar-refractivity contribution < 1.29 is 14.3 Å². The first-order chi connectivity index (χ1) is 10.2. The zero-order valence-corrected chi connectivity index (χ0v) is 12.2. The lowest BCUT2D eigenvalue weighted by molar-refractivity contribution is -0.118. The van der Waals surface area contributed by atoms with Crippen LogP contribution in [0, 0.1) is 0 Å². The molecule has 0 N–H and O–H groups in total. The van der Waals surface area contributed by atoms with Crippen molar-refractivity contribution in [2.24, 2.45) is 0 Å². The zero-order valence-electron chi connectivity index (χ0n) is 12.2. The van der Waals surface area contributed by atoms with E-state index in [0.29, 0.717) is 25.2 Å². The third-order valence-corrected chi connectivity index (χ3v) is 4.66. The topological polar surface area (TPSA) is 42.0 Å². The Morgan fingerprint density at radius 1 is 1.19 bits per heavy atom. The van der Waals surface area contributed by atoms with E-state index in [4.69, 9.17) is 9.47 Å². The minimum Gasteiger partial charge on any atom is -0.491 e. The van der Waals surface area contributed by atoms with Gasteiger partial charge in [-0.15, -0.1) is 0 Å². The Kier molecular flexibility index (Phi) is 3.03. The van der Waals surface area contributed by atoms with Crippen molar-refractivity contribution >= 4 is 17.3 Å². The van der Waals surface area contributed by atoms with Crippen molar-refractivity contribution in [3.8, 4) is 5.75 Å². The molecule has 3 aliphatic rings. The molecule has 2 bridgehead atoms. The van der Waals surface area contributed by atoms with E-state index in [1.807, 2.05) is 13.1 Å². The van der Waals surface area contributed by atoms with E-state index in [1.165, 1.54) is 0 Å². The van der Waals surface area contributed by atoms with Gasteiger partial charge in [0.15, 0.2) is 0 Å². The van der Waals surface area contributed by atoms with Gasteiger partial charge in [-0.1, -0.05) is 0 Å². The molecule has 0 spiro atoms. The number of hydrogen-bond donors (Lipinski definition) is 0. The van der Waals surface area contributed by atoms with Crippen LogP contribution in [-0.2, 0) is 9.53 Å². The Labute approximate surface area is 124 Å². The maximum atomic E-state index is 12.0. The smallest absolute Gasteiger partial charge is 0.230 e. The normalized spacial score (nSPS) is 28.1. The van der Waals surface area contributed by atoms with Crippen LogP contribution in [0.5, 0.6) is 5.75 Å². The van der Waals surface area contributed by atoms with Crippen LogP contribution in [-0.4, -0.2) is 44.9 Å². The van der Waals surface area contributed by atoms with Gasteiger partial charge in [0.05, 0.1) is 30.9 Å². The molecular formula is C16H20N2O3. The van der Waals surface area contributed by atoms with Gasteiger partial charge in [-0.2, -0.15) is 0 Å². The van der Waals surface area contributed by atoms with Crippen molar-refractivity contribution in [2.45, 2.75) is 31.5 Å². The van der Waals surface area contributed by atoms with Crippen LogP contribution in [0.2, 0.25) is 0 Å². The van der Waals surface area contributed by atoms with Crippen molar-refractivity contribution in [1.29, 1.82) is 0 Å². The molecule has 3 heterocycles. The summed E-state index contributed by atoms with van der Waals surface area (Å²) in [6.07, 6.45) is 3.47. The standard InChI is InChI=1S/C16H20N2O3/c1-17-14-8-11(2-5-15(14)20-7-6-16(17)19)18-9-12-3-4-13(10-18)21-12/h2,5,8,12-13H,3-4,6-7,9-10H2,1H3. The third-order valence-electron chi connectivity index (χ3n) is 4.66. The summed E-state index contributed by atoms with van der Waals surface area (Å²) < 4.78 is 11.6. The number of carbonyl (C=O) groups excluding carboxylic acids is 1. The van der Waals surface area contributed by atoms with E-state index < -0.39 is 0 Å². The largest absolute Gasteiger partial charge is 0.491 e. The van der Waals surface area contributed by atoms with Crippen LogP contribution in [0.25, 0.3) is 0 Å². The van der Waals surface area contributed by atoms with Gasteiger partial charge in [0, 0.05) is 25.8 Å². The van der Waals surface area contributed by atoms with Crippen molar-refractivity contribution in [3.63, 3.8) is 0 Å². The fraction of sp³-hybridized carbons (Fsp3) is 0.562. The average Bonchev–Trinajstić information content (AvgIpc) is 2.77. The van der Waals surface area contributed by atoms with Crippen LogP contribution < -0.4 is 14.5 Å². The van der Waals surface area contributed by atoms with Crippen molar-refractivity contribution in [3.05, 3.63) is 18.2 Å². The highest BCUT2D eigenvalue weighted by atomic mass is 16.5. The lowest BCUT2D eigenvalue weighted by Crippen LogP contribution is -2.42. The highest BCUT2D eigenvalue weighted by molar-refractivity contribution is 5.95. The number of rotatable bonds is 1. The van der Waals surface area contributed by atoms with Crippen LogP contribution in [0.1, 0.15) is 19.3 Å². The van der Waals surface area contributed by atoms with E-state index in [-0.39, 0.29) is 5.91 Å². The van der Waals surface area contributed by atoms with Gasteiger partial charge in [-0.05, 0) is 31.0 Å². The van der Waals surface area contributed by atoms with Gasteiger partial charge in [0.2, 0.25) is 5.91 Å². The number of benzene rings is 1. The summed E-state index contributed by atoms with van der Waals surface area (Å²) >= 11 is 0. The molecule has 4 rings (SSSR count). The van der Waals surface area contributed by atoms with E-state index in [9.17, 15) is 4.79 Å². The molecule has 1 aromatic carbocycles. The van der Waals surface area contributed by atoms with Gasteiger partial charge >= 0.3 is 0 Å². The number of amides is 1. The summed E-state index contributed by atoms with van der Waals surface area (Å²) in [4.78, 5) is 16.1. The third kappa shape index (κ3) is 2.25. The zero-order chi connectivity index (χ0) is 14.4. The Morgan fingerprint density at radius 2 is 1.95 bits per heavy atom. The number of morpholine rings is 1. The summed E-state index contributed by atoms with van der Waals surface area (Å²) in [7, 11) is 1.82. The molecule has 0 aromatic heterocycles. The minimum atomic E-state index is 0.105. The first-order valence-electron chi connectivity index (χ1n) is 7.64. The van der Waals surface area contributed by atoms with Gasteiger partial charge in [-0.3, -0.25) is 4.79 Å². The molecule has 0 radical (unpaired) electrons. The molecule has 1 aromatic rings. The summed E-state index contributed by atoms with van der Waals surface area (Å²) in [6.45, 7) is 2.33. The Hall–Kier alpha value is -1.75. The molecule has 2 saturated heterocycles. The highest BCUT2D eigenvalue weighted by Crippen LogP contribution is 2.36. The Balaban J connectivity index is 1.65. The molecule has 2 unspecified atom stereocenters. The lowest BCUT2D eigenvalue weighted by Gasteiger charge is -2.34. The minimum absolute atomic E-state index is 0.105. The Bertz CT molecular complexity index is 563. The van der Waals surface area contributed by atoms with Crippen LogP contribution in [0.15, 0.2) is 18.2 Å². The lowest BCUT2D eigenvalue weighted by atomic mass is 10.2. The fourth-order valence-electron chi connectivity index (χ4n) is 3.46. The molecule has 5 heteroatoms. The molecule has 21 heavy (non-hydrogen) atoms. The fourth-order valence-corrected chi connectivity index (χ4v) is 3.46. The number of carbonyl (C=O) groups is 1. The predicted molar refractivity (Wildman–Crippen MR) is 80.1 cm³/mol. The summed E-state index contributed by atoms with van der Waals surface area (Å²) in [6, 6.07) is 6.15. The summed E-state index contributed by atoms with van der Waals surface area (Å²) in [5.41, 5.74) is 2.02. The number of nitrogens with zero attached hydrogens (tertiary/aromatic N) is 2. The maximum Gasteiger partial charge on any atom is 0.230 e. The number of anilines is 2. The second-order valence-electron chi connectivity index (χ2n) is 6.07. The van der Waals surface area contributed by atoms with Crippen molar-refractivity contribution in [1.82, 2.24) is 0 Å². The summed E-state index contributed by atoms with van der Waals surface area (Å²) in [5.74, 6) is 0.899. The van der Waals surface area contributed by atoms with Crippen LogP contribution in [0.3, 0.4) is 0 Å². The average molecular weight is 288 g/mol. The molecule has 2 fully saturated rings. The predicted octanol–water partition coefficient (Wildman–Crippen LogP) is 1.80. The van der Waals surface area contributed by atoms with E-state index in [0.717, 1.165) is 43.1 Å². The first-order valence-corrected chi connectivity index (χ1v) is 7.64. The Morgan fingerprint density at radius 3 is 2.71 bits per heavy atom. The number of fused-ring (bicyclic) bond motifs is 3. The highest BCUT2D eigenvalue weighted by Gasteiger charge is 2.34.